The Hall–Kier alpha value is -1.17. The van der Waals surface area contributed by atoms with Crippen LogP contribution < -0.4 is 0 Å². The van der Waals surface area contributed by atoms with Crippen molar-refractivity contribution in [1.29, 1.82) is 0 Å². The lowest BCUT2D eigenvalue weighted by molar-refractivity contribution is 0.273. The first-order chi connectivity index (χ1) is 7.02. The molecule has 15 heavy (non-hydrogen) atoms. The van der Waals surface area contributed by atoms with E-state index in [2.05, 4.69) is 25.8 Å². The summed E-state index contributed by atoms with van der Waals surface area (Å²) in [6.07, 6.45) is 5.73. The molecule has 0 aromatic carbocycles. The quantitative estimate of drug-likeness (QED) is 0.367. The molecule has 0 heterocycles. The van der Waals surface area contributed by atoms with Crippen LogP contribution in [0.4, 0.5) is 0 Å². The zero-order chi connectivity index (χ0) is 11.7. The highest BCUT2D eigenvalue weighted by atomic mass is 16.1. The number of aliphatic imine (C=N–C) groups is 1. The van der Waals surface area contributed by atoms with Gasteiger partial charge in [0.1, 0.15) is 5.94 Å². The molecule has 1 atom stereocenters. The number of allylic oxidation sites excluding steroid dienone is 1. The highest BCUT2D eigenvalue weighted by molar-refractivity contribution is 5.44. The second-order valence-electron chi connectivity index (χ2n) is 4.76. The third-order valence-corrected chi connectivity index (χ3v) is 2.44. The van der Waals surface area contributed by atoms with E-state index in [1.807, 2.05) is 0 Å². The minimum Gasteiger partial charge on any atom is -0.234 e. The van der Waals surface area contributed by atoms with E-state index in [1.54, 1.807) is 5.94 Å². The Labute approximate surface area is 91.3 Å². The maximum Gasteiger partial charge on any atom is 0.234 e. The largest absolute Gasteiger partial charge is 0.234 e. The molecule has 3 heteroatoms. The van der Waals surface area contributed by atoms with Gasteiger partial charge in [-0.2, -0.15) is 0 Å². The second kappa shape index (κ2) is 7.17. The Balaban J connectivity index is 3.96. The third kappa shape index (κ3) is 7.87. The van der Waals surface area contributed by atoms with Crippen LogP contribution in [0.3, 0.4) is 0 Å². The van der Waals surface area contributed by atoms with Gasteiger partial charge in [-0.25, -0.2) is 14.6 Å². The molecule has 0 radical (unpaired) electrons. The fourth-order valence-corrected chi connectivity index (χ4v) is 1.78. The van der Waals surface area contributed by atoms with Crippen LogP contribution in [0, 0.1) is 11.3 Å². The van der Waals surface area contributed by atoms with E-state index in [0.717, 1.165) is 19.3 Å². The van der Waals surface area contributed by atoms with Crippen molar-refractivity contribution in [3.63, 3.8) is 0 Å². The molecule has 0 fully saturated rings. The summed E-state index contributed by atoms with van der Waals surface area (Å²) in [7, 11) is 0. The van der Waals surface area contributed by atoms with Gasteiger partial charge in [0, 0.05) is 6.08 Å². The molecule has 0 N–H and O–H groups in total. The van der Waals surface area contributed by atoms with E-state index >= 15 is 0 Å². The summed E-state index contributed by atoms with van der Waals surface area (Å²) in [6.45, 7) is 6.93. The summed E-state index contributed by atoms with van der Waals surface area (Å²) in [6, 6.07) is 0. The molecule has 0 aromatic rings. The van der Waals surface area contributed by atoms with Crippen LogP contribution in [0.25, 0.3) is 0 Å². The SMILES string of the molecule is CC(CCN=C=O)CC(C)(C)CC=C=O. The fourth-order valence-electron chi connectivity index (χ4n) is 1.78. The standard InChI is InChI=1S/C12H19NO2/c1-11(5-7-13-10-15)9-12(2,3)6-4-8-14/h4,11H,5-7,9H2,1-3H3. The molecular formula is C12H19NO2. The number of isocyanates is 1. The van der Waals surface area contributed by atoms with Crippen molar-refractivity contribution >= 4 is 12.0 Å². The molecule has 0 aliphatic carbocycles. The van der Waals surface area contributed by atoms with Crippen LogP contribution in [0.2, 0.25) is 0 Å². The molecule has 3 nitrogen and oxygen atoms in total. The molecule has 0 spiro atoms. The molecule has 0 rings (SSSR count). The van der Waals surface area contributed by atoms with Gasteiger partial charge in [0.2, 0.25) is 6.08 Å². The van der Waals surface area contributed by atoms with Gasteiger partial charge in [-0.05, 0) is 30.6 Å². The van der Waals surface area contributed by atoms with Gasteiger partial charge < -0.3 is 0 Å². The molecule has 1 unspecified atom stereocenters. The van der Waals surface area contributed by atoms with Crippen molar-refractivity contribution in [3.05, 3.63) is 6.08 Å². The normalized spacial score (nSPS) is 12.5. The van der Waals surface area contributed by atoms with Crippen molar-refractivity contribution < 1.29 is 9.59 Å². The van der Waals surface area contributed by atoms with Gasteiger partial charge in [0.15, 0.2) is 0 Å². The van der Waals surface area contributed by atoms with Gasteiger partial charge in [0.25, 0.3) is 0 Å². The van der Waals surface area contributed by atoms with Crippen LogP contribution in [0.1, 0.15) is 40.0 Å². The number of hydrogen-bond donors (Lipinski definition) is 0. The lowest BCUT2D eigenvalue weighted by Gasteiger charge is -2.26. The second-order valence-corrected chi connectivity index (χ2v) is 4.76. The molecule has 0 aromatic heterocycles. The van der Waals surface area contributed by atoms with Crippen molar-refractivity contribution in [2.24, 2.45) is 16.3 Å². The lowest BCUT2D eigenvalue weighted by atomic mass is 9.80. The first-order valence-electron chi connectivity index (χ1n) is 5.25. The van der Waals surface area contributed by atoms with Crippen LogP contribution in [0.5, 0.6) is 0 Å². The summed E-state index contributed by atoms with van der Waals surface area (Å²) in [5, 5.41) is 0. The number of hydrogen-bond acceptors (Lipinski definition) is 3. The minimum atomic E-state index is 0.113. The number of carbonyl (C=O) groups excluding carboxylic acids is 2. The highest BCUT2D eigenvalue weighted by Gasteiger charge is 2.19. The molecule has 0 aliphatic rings. The van der Waals surface area contributed by atoms with Crippen LogP contribution >= 0.6 is 0 Å². The fraction of sp³-hybridized carbons (Fsp3) is 0.750. The van der Waals surface area contributed by atoms with Crippen molar-refractivity contribution in [2.75, 3.05) is 6.54 Å². The molecular weight excluding hydrogens is 190 g/mol. The molecule has 0 saturated heterocycles. The minimum absolute atomic E-state index is 0.113. The first kappa shape index (κ1) is 13.8. The first-order valence-corrected chi connectivity index (χ1v) is 5.25. The molecule has 0 aliphatic heterocycles. The van der Waals surface area contributed by atoms with Crippen molar-refractivity contribution in [3.8, 4) is 0 Å². The van der Waals surface area contributed by atoms with Crippen LogP contribution in [-0.2, 0) is 9.59 Å². The Morgan fingerprint density at radius 2 is 2.07 bits per heavy atom. The molecule has 0 amide bonds. The van der Waals surface area contributed by atoms with Gasteiger partial charge in [0.05, 0.1) is 6.54 Å². The topological polar surface area (TPSA) is 46.5 Å². The average Bonchev–Trinajstić information content (AvgIpc) is 2.14. The predicted octanol–water partition coefficient (Wildman–Crippen LogP) is 2.54. The van der Waals surface area contributed by atoms with Crippen molar-refractivity contribution in [2.45, 2.75) is 40.0 Å². The van der Waals surface area contributed by atoms with E-state index in [0.29, 0.717) is 12.5 Å². The van der Waals surface area contributed by atoms with Crippen molar-refractivity contribution in [1.82, 2.24) is 0 Å². The van der Waals surface area contributed by atoms with Crippen LogP contribution in [0.15, 0.2) is 11.1 Å². The highest BCUT2D eigenvalue weighted by Crippen LogP contribution is 2.30. The maximum atomic E-state index is 10.1. The summed E-state index contributed by atoms with van der Waals surface area (Å²) >= 11 is 0. The monoisotopic (exact) mass is 209 g/mol. The van der Waals surface area contributed by atoms with Gasteiger partial charge in [-0.15, -0.1) is 0 Å². The zero-order valence-corrected chi connectivity index (χ0v) is 9.75. The Morgan fingerprint density at radius 1 is 1.40 bits per heavy atom. The third-order valence-electron chi connectivity index (χ3n) is 2.44. The van der Waals surface area contributed by atoms with Gasteiger partial charge >= 0.3 is 0 Å². The zero-order valence-electron chi connectivity index (χ0n) is 9.75. The average molecular weight is 209 g/mol. The van der Waals surface area contributed by atoms with E-state index < -0.39 is 0 Å². The molecule has 0 bridgehead atoms. The Kier molecular flexibility index (Phi) is 6.61. The Bertz CT molecular complexity index is 271. The van der Waals surface area contributed by atoms with E-state index in [4.69, 9.17) is 0 Å². The lowest BCUT2D eigenvalue weighted by Crippen LogP contribution is -2.15. The van der Waals surface area contributed by atoms with Crippen LogP contribution in [-0.4, -0.2) is 18.6 Å². The van der Waals surface area contributed by atoms with Gasteiger partial charge in [-0.3, -0.25) is 0 Å². The number of nitrogens with zero attached hydrogens (tertiary/aromatic N) is 1. The summed E-state index contributed by atoms with van der Waals surface area (Å²) < 4.78 is 0. The number of rotatable bonds is 7. The smallest absolute Gasteiger partial charge is 0.234 e. The van der Waals surface area contributed by atoms with E-state index in [-0.39, 0.29) is 5.41 Å². The van der Waals surface area contributed by atoms with E-state index in [9.17, 15) is 9.59 Å². The maximum absolute atomic E-state index is 10.1. The summed E-state index contributed by atoms with van der Waals surface area (Å²) in [5.74, 6) is 2.30. The Morgan fingerprint density at radius 3 is 2.60 bits per heavy atom. The predicted molar refractivity (Wildman–Crippen MR) is 60.0 cm³/mol. The van der Waals surface area contributed by atoms with E-state index in [1.165, 1.54) is 12.2 Å². The van der Waals surface area contributed by atoms with Gasteiger partial charge in [-0.1, -0.05) is 20.8 Å². The molecule has 0 saturated carbocycles. The molecule has 84 valence electrons. The summed E-state index contributed by atoms with van der Waals surface area (Å²) in [4.78, 5) is 23.5. The summed E-state index contributed by atoms with van der Waals surface area (Å²) in [5.41, 5.74) is 0.113.